The molecule has 1 unspecified atom stereocenters. The highest BCUT2D eigenvalue weighted by Crippen LogP contribution is 2.21. The Morgan fingerprint density at radius 2 is 2.00 bits per heavy atom. The molecular formula is C16H28N2O3. The van der Waals surface area contributed by atoms with Crippen LogP contribution in [-0.2, 0) is 9.59 Å². The molecule has 0 aliphatic heterocycles. The van der Waals surface area contributed by atoms with E-state index in [0.29, 0.717) is 26.2 Å². The van der Waals surface area contributed by atoms with Crippen molar-refractivity contribution >= 4 is 11.9 Å². The van der Waals surface area contributed by atoms with Gasteiger partial charge in [-0.25, -0.2) is 0 Å². The molecule has 0 bridgehead atoms. The highest BCUT2D eigenvalue weighted by atomic mass is 16.4. The number of rotatable bonds is 8. The molecule has 120 valence electrons. The SMILES string of the molecule is CCN(CC(=O)N(CC)C1=CCCCC1)CC(C)C(=O)O. The summed E-state index contributed by atoms with van der Waals surface area (Å²) in [6.07, 6.45) is 6.53. The molecule has 1 aliphatic rings. The molecule has 0 spiro atoms. The van der Waals surface area contributed by atoms with Gasteiger partial charge in [0.25, 0.3) is 0 Å². The number of allylic oxidation sites excluding steroid dienone is 2. The number of nitrogens with zero attached hydrogens (tertiary/aromatic N) is 2. The van der Waals surface area contributed by atoms with Crippen molar-refractivity contribution in [2.45, 2.75) is 46.5 Å². The Labute approximate surface area is 127 Å². The van der Waals surface area contributed by atoms with Gasteiger partial charge >= 0.3 is 5.97 Å². The molecule has 5 heteroatoms. The molecule has 5 nitrogen and oxygen atoms in total. The number of hydrogen-bond acceptors (Lipinski definition) is 3. The predicted molar refractivity (Wildman–Crippen MR) is 82.9 cm³/mol. The Hall–Kier alpha value is -1.36. The van der Waals surface area contributed by atoms with Gasteiger partial charge in [0.05, 0.1) is 12.5 Å². The molecular weight excluding hydrogens is 268 g/mol. The third kappa shape index (κ3) is 5.50. The van der Waals surface area contributed by atoms with E-state index in [9.17, 15) is 9.59 Å². The standard InChI is InChI=1S/C16H28N2O3/c1-4-17(11-13(3)16(20)21)12-15(19)18(5-2)14-9-7-6-8-10-14/h9,13H,4-8,10-12H2,1-3H3,(H,20,21). The fraction of sp³-hybridized carbons (Fsp3) is 0.750. The molecule has 0 heterocycles. The van der Waals surface area contributed by atoms with Crippen molar-refractivity contribution in [3.05, 3.63) is 11.8 Å². The molecule has 1 atom stereocenters. The van der Waals surface area contributed by atoms with E-state index >= 15 is 0 Å². The molecule has 1 N–H and O–H groups in total. The van der Waals surface area contributed by atoms with Gasteiger partial charge in [-0.1, -0.05) is 19.9 Å². The fourth-order valence-electron chi connectivity index (χ4n) is 2.65. The summed E-state index contributed by atoms with van der Waals surface area (Å²) in [5.41, 5.74) is 1.14. The number of amides is 1. The first-order chi connectivity index (χ1) is 9.99. The van der Waals surface area contributed by atoms with E-state index in [1.165, 1.54) is 6.42 Å². The van der Waals surface area contributed by atoms with Gasteiger partial charge in [-0.2, -0.15) is 0 Å². The van der Waals surface area contributed by atoms with Gasteiger partial charge in [0.15, 0.2) is 0 Å². The largest absolute Gasteiger partial charge is 0.481 e. The molecule has 0 aromatic heterocycles. The Bertz CT molecular complexity index is 393. The summed E-state index contributed by atoms with van der Waals surface area (Å²) >= 11 is 0. The summed E-state index contributed by atoms with van der Waals surface area (Å²) < 4.78 is 0. The zero-order valence-electron chi connectivity index (χ0n) is 13.5. The minimum Gasteiger partial charge on any atom is -0.481 e. The van der Waals surface area contributed by atoms with Crippen LogP contribution in [0.5, 0.6) is 0 Å². The topological polar surface area (TPSA) is 60.9 Å². The first kappa shape index (κ1) is 17.7. The van der Waals surface area contributed by atoms with Crippen molar-refractivity contribution in [2.24, 2.45) is 5.92 Å². The zero-order chi connectivity index (χ0) is 15.8. The summed E-state index contributed by atoms with van der Waals surface area (Å²) in [6, 6.07) is 0. The van der Waals surface area contributed by atoms with Crippen LogP contribution in [0.15, 0.2) is 11.8 Å². The molecule has 0 saturated heterocycles. The maximum absolute atomic E-state index is 12.5. The van der Waals surface area contributed by atoms with Gasteiger partial charge in [-0.15, -0.1) is 0 Å². The minimum atomic E-state index is -0.816. The second kappa shape index (κ2) is 8.82. The highest BCUT2D eigenvalue weighted by Gasteiger charge is 2.22. The maximum atomic E-state index is 12.5. The van der Waals surface area contributed by atoms with Crippen molar-refractivity contribution in [3.8, 4) is 0 Å². The normalized spacial score (nSPS) is 16.5. The number of carboxylic acids is 1. The molecule has 0 aromatic rings. The Morgan fingerprint density at radius 1 is 1.29 bits per heavy atom. The second-order valence-electron chi connectivity index (χ2n) is 5.65. The summed E-state index contributed by atoms with van der Waals surface area (Å²) in [5.74, 6) is -1.20. The number of likely N-dealkylation sites (N-methyl/N-ethyl adjacent to an activating group) is 2. The van der Waals surface area contributed by atoms with E-state index in [0.717, 1.165) is 25.0 Å². The Kier molecular flexibility index (Phi) is 7.43. The van der Waals surface area contributed by atoms with Gasteiger partial charge in [-0.3, -0.25) is 14.5 Å². The summed E-state index contributed by atoms with van der Waals surface area (Å²) in [5, 5.41) is 8.99. The quantitative estimate of drug-likeness (QED) is 0.747. The highest BCUT2D eigenvalue weighted by molar-refractivity contribution is 5.80. The molecule has 1 amide bonds. The van der Waals surface area contributed by atoms with Gasteiger partial charge in [-0.05, 0) is 39.2 Å². The van der Waals surface area contributed by atoms with Crippen LogP contribution in [-0.4, -0.2) is 53.0 Å². The van der Waals surface area contributed by atoms with Crippen LogP contribution >= 0.6 is 0 Å². The van der Waals surface area contributed by atoms with Crippen LogP contribution in [0, 0.1) is 5.92 Å². The lowest BCUT2D eigenvalue weighted by Crippen LogP contribution is -2.42. The maximum Gasteiger partial charge on any atom is 0.307 e. The Morgan fingerprint density at radius 3 is 2.48 bits per heavy atom. The molecule has 0 aromatic carbocycles. The van der Waals surface area contributed by atoms with Gasteiger partial charge in [0, 0.05) is 18.8 Å². The van der Waals surface area contributed by atoms with E-state index in [4.69, 9.17) is 5.11 Å². The number of carbonyl (C=O) groups excluding carboxylic acids is 1. The number of carbonyl (C=O) groups is 2. The summed E-state index contributed by atoms with van der Waals surface area (Å²) in [7, 11) is 0. The van der Waals surface area contributed by atoms with Crippen molar-refractivity contribution in [1.82, 2.24) is 9.80 Å². The minimum absolute atomic E-state index is 0.0742. The van der Waals surface area contributed by atoms with Gasteiger partial charge in [0.1, 0.15) is 0 Å². The molecule has 0 radical (unpaired) electrons. The van der Waals surface area contributed by atoms with Crippen molar-refractivity contribution in [3.63, 3.8) is 0 Å². The third-order valence-corrected chi connectivity index (χ3v) is 3.99. The van der Waals surface area contributed by atoms with E-state index in [-0.39, 0.29) is 5.91 Å². The number of carboxylic acid groups (broad SMARTS) is 1. The van der Waals surface area contributed by atoms with Crippen LogP contribution in [0.1, 0.15) is 46.5 Å². The third-order valence-electron chi connectivity index (χ3n) is 3.99. The molecule has 0 fully saturated rings. The van der Waals surface area contributed by atoms with Crippen LogP contribution < -0.4 is 0 Å². The van der Waals surface area contributed by atoms with Crippen molar-refractivity contribution in [2.75, 3.05) is 26.2 Å². The lowest BCUT2D eigenvalue weighted by molar-refractivity contribution is -0.142. The van der Waals surface area contributed by atoms with Crippen LogP contribution in [0.3, 0.4) is 0 Å². The van der Waals surface area contributed by atoms with Crippen LogP contribution in [0.25, 0.3) is 0 Å². The average Bonchev–Trinajstić information content (AvgIpc) is 2.48. The van der Waals surface area contributed by atoms with Crippen LogP contribution in [0.2, 0.25) is 0 Å². The second-order valence-corrected chi connectivity index (χ2v) is 5.65. The van der Waals surface area contributed by atoms with E-state index in [1.54, 1.807) is 6.92 Å². The summed E-state index contributed by atoms with van der Waals surface area (Å²) in [4.78, 5) is 27.2. The fourth-order valence-corrected chi connectivity index (χ4v) is 2.65. The molecule has 1 aliphatic carbocycles. The average molecular weight is 296 g/mol. The first-order valence-corrected chi connectivity index (χ1v) is 7.94. The Balaban J connectivity index is 2.62. The van der Waals surface area contributed by atoms with Crippen molar-refractivity contribution in [1.29, 1.82) is 0 Å². The molecule has 21 heavy (non-hydrogen) atoms. The van der Waals surface area contributed by atoms with Crippen LogP contribution in [0.4, 0.5) is 0 Å². The molecule has 0 saturated carbocycles. The van der Waals surface area contributed by atoms with Gasteiger partial charge < -0.3 is 10.0 Å². The first-order valence-electron chi connectivity index (χ1n) is 7.94. The smallest absolute Gasteiger partial charge is 0.307 e. The van der Waals surface area contributed by atoms with Gasteiger partial charge in [0.2, 0.25) is 5.91 Å². The number of hydrogen-bond donors (Lipinski definition) is 1. The van der Waals surface area contributed by atoms with Crippen molar-refractivity contribution < 1.29 is 14.7 Å². The lowest BCUT2D eigenvalue weighted by atomic mass is 10.0. The number of aliphatic carboxylic acids is 1. The predicted octanol–water partition coefficient (Wildman–Crippen LogP) is 2.34. The monoisotopic (exact) mass is 296 g/mol. The van der Waals surface area contributed by atoms with E-state index in [2.05, 4.69) is 6.08 Å². The van der Waals surface area contributed by atoms with E-state index in [1.807, 2.05) is 23.6 Å². The molecule has 1 rings (SSSR count). The zero-order valence-corrected chi connectivity index (χ0v) is 13.5. The summed E-state index contributed by atoms with van der Waals surface area (Å²) in [6.45, 7) is 7.68. The van der Waals surface area contributed by atoms with E-state index < -0.39 is 11.9 Å². The lowest BCUT2D eigenvalue weighted by Gasteiger charge is -2.29.